The smallest absolute Gasteiger partial charge is 0.235 e. The summed E-state index contributed by atoms with van der Waals surface area (Å²) in [6.45, 7) is 3.62. The van der Waals surface area contributed by atoms with Gasteiger partial charge in [-0.25, -0.2) is 0 Å². The van der Waals surface area contributed by atoms with E-state index in [4.69, 9.17) is 11.6 Å². The van der Waals surface area contributed by atoms with Gasteiger partial charge in [0.25, 0.3) is 0 Å². The molecule has 0 spiro atoms. The van der Waals surface area contributed by atoms with Crippen LogP contribution in [0.25, 0.3) is 5.69 Å². The molecule has 8 heteroatoms. The second kappa shape index (κ2) is 7.98. The number of amides is 1. The highest BCUT2D eigenvalue weighted by Gasteiger charge is 2.24. The van der Waals surface area contributed by atoms with Crippen molar-refractivity contribution in [2.24, 2.45) is 0 Å². The van der Waals surface area contributed by atoms with Gasteiger partial charge in [0.2, 0.25) is 11.1 Å². The van der Waals surface area contributed by atoms with Gasteiger partial charge in [0.1, 0.15) is 0 Å². The molecule has 0 saturated carbocycles. The van der Waals surface area contributed by atoms with Gasteiger partial charge in [0, 0.05) is 18.1 Å². The molecule has 6 nitrogen and oxygen atoms in total. The summed E-state index contributed by atoms with van der Waals surface area (Å²) in [4.78, 5) is 14.7. The summed E-state index contributed by atoms with van der Waals surface area (Å²) in [5.74, 6) is 0.160. The number of nitrogens with zero attached hydrogens (tertiary/aromatic N) is 5. The van der Waals surface area contributed by atoms with Gasteiger partial charge in [-0.2, -0.15) is 4.68 Å². The molecule has 1 fully saturated rings. The third-order valence-electron chi connectivity index (χ3n) is 4.06. The van der Waals surface area contributed by atoms with E-state index in [0.29, 0.717) is 10.2 Å². The zero-order chi connectivity index (χ0) is 16.9. The Morgan fingerprint density at radius 3 is 2.50 bits per heavy atom. The molecule has 1 aliphatic rings. The van der Waals surface area contributed by atoms with Gasteiger partial charge in [-0.1, -0.05) is 36.2 Å². The lowest BCUT2D eigenvalue weighted by Crippen LogP contribution is -2.37. The summed E-state index contributed by atoms with van der Waals surface area (Å²) in [6.07, 6.45) is 4.59. The predicted octanol–water partition coefficient (Wildman–Crippen LogP) is 3.20. The number of hydrogen-bond donors (Lipinski definition) is 0. The molecular weight excluding hydrogens is 346 g/mol. The summed E-state index contributed by atoms with van der Waals surface area (Å²) >= 11 is 7.31. The minimum atomic E-state index is -0.222. The number of carbonyl (C=O) groups is 1. The molecule has 0 N–H and O–H groups in total. The second-order valence-corrected chi connectivity index (χ2v) is 7.59. The highest BCUT2D eigenvalue weighted by molar-refractivity contribution is 8.00. The third kappa shape index (κ3) is 4.08. The lowest BCUT2D eigenvalue weighted by molar-refractivity contribution is -0.130. The number of likely N-dealkylation sites (tertiary alicyclic amines) is 1. The van der Waals surface area contributed by atoms with Crippen molar-refractivity contribution in [1.29, 1.82) is 0 Å². The van der Waals surface area contributed by atoms with Crippen LogP contribution in [0.15, 0.2) is 29.4 Å². The minimum Gasteiger partial charge on any atom is -0.342 e. The molecule has 2 heterocycles. The van der Waals surface area contributed by atoms with Crippen LogP contribution in [0.1, 0.15) is 32.6 Å². The molecule has 0 radical (unpaired) electrons. The van der Waals surface area contributed by atoms with E-state index in [1.165, 1.54) is 24.6 Å². The van der Waals surface area contributed by atoms with E-state index in [0.717, 1.165) is 31.6 Å². The van der Waals surface area contributed by atoms with Crippen LogP contribution < -0.4 is 0 Å². The number of rotatable bonds is 4. The fourth-order valence-electron chi connectivity index (χ4n) is 2.75. The number of aromatic nitrogens is 4. The van der Waals surface area contributed by atoms with E-state index in [2.05, 4.69) is 15.5 Å². The lowest BCUT2D eigenvalue weighted by atomic mass is 10.2. The largest absolute Gasteiger partial charge is 0.342 e. The Morgan fingerprint density at radius 1 is 1.17 bits per heavy atom. The number of halogens is 1. The molecule has 1 aliphatic heterocycles. The van der Waals surface area contributed by atoms with Crippen molar-refractivity contribution in [3.05, 3.63) is 29.3 Å². The number of carbonyl (C=O) groups excluding carboxylic acids is 1. The number of benzene rings is 1. The van der Waals surface area contributed by atoms with Gasteiger partial charge >= 0.3 is 0 Å². The zero-order valence-corrected chi connectivity index (χ0v) is 15.1. The third-order valence-corrected chi connectivity index (χ3v) is 5.33. The van der Waals surface area contributed by atoms with Crippen molar-refractivity contribution >= 4 is 29.3 Å². The van der Waals surface area contributed by atoms with Crippen LogP contribution in [0.2, 0.25) is 5.02 Å². The molecule has 3 rings (SSSR count). The molecule has 1 aromatic heterocycles. The number of tetrazole rings is 1. The molecule has 128 valence electrons. The molecular formula is C16H20ClN5OS. The standard InChI is InChI=1S/C16H20ClN5OS/c1-12(15(23)21-10-4-2-3-5-11-21)24-16-18-19-20-22(16)14-8-6-13(17)7-9-14/h6-9,12H,2-5,10-11H2,1H3. The first-order valence-electron chi connectivity index (χ1n) is 8.15. The molecule has 1 atom stereocenters. The Kier molecular flexibility index (Phi) is 5.73. The Balaban J connectivity index is 1.70. The Morgan fingerprint density at radius 2 is 1.83 bits per heavy atom. The quantitative estimate of drug-likeness (QED) is 0.778. The number of thioether (sulfide) groups is 1. The van der Waals surface area contributed by atoms with Gasteiger partial charge < -0.3 is 4.90 Å². The summed E-state index contributed by atoms with van der Waals surface area (Å²) in [7, 11) is 0. The molecule has 24 heavy (non-hydrogen) atoms. The zero-order valence-electron chi connectivity index (χ0n) is 13.6. The van der Waals surface area contributed by atoms with Crippen LogP contribution in [0.3, 0.4) is 0 Å². The highest BCUT2D eigenvalue weighted by Crippen LogP contribution is 2.25. The van der Waals surface area contributed by atoms with Gasteiger partial charge in [0.05, 0.1) is 10.9 Å². The van der Waals surface area contributed by atoms with E-state index in [1.54, 1.807) is 16.8 Å². The molecule has 1 aromatic carbocycles. The Bertz CT molecular complexity index is 682. The van der Waals surface area contributed by atoms with E-state index >= 15 is 0 Å². The lowest BCUT2D eigenvalue weighted by Gasteiger charge is -2.23. The Hall–Kier alpha value is -1.60. The van der Waals surface area contributed by atoms with Crippen molar-refractivity contribution in [1.82, 2.24) is 25.1 Å². The second-order valence-electron chi connectivity index (χ2n) is 5.85. The molecule has 2 aromatic rings. The average molecular weight is 366 g/mol. The highest BCUT2D eigenvalue weighted by atomic mass is 35.5. The van der Waals surface area contributed by atoms with Gasteiger partial charge in [0.15, 0.2) is 0 Å². The van der Waals surface area contributed by atoms with Crippen LogP contribution >= 0.6 is 23.4 Å². The maximum absolute atomic E-state index is 12.7. The first-order valence-corrected chi connectivity index (χ1v) is 9.40. The van der Waals surface area contributed by atoms with Crippen LogP contribution in [0.5, 0.6) is 0 Å². The van der Waals surface area contributed by atoms with Crippen molar-refractivity contribution in [3.8, 4) is 5.69 Å². The van der Waals surface area contributed by atoms with E-state index in [-0.39, 0.29) is 11.2 Å². The number of hydrogen-bond acceptors (Lipinski definition) is 5. The Labute approximate surface area is 150 Å². The fourth-order valence-corrected chi connectivity index (χ4v) is 3.77. The molecule has 1 saturated heterocycles. The minimum absolute atomic E-state index is 0.160. The fraction of sp³-hybridized carbons (Fsp3) is 0.500. The van der Waals surface area contributed by atoms with Crippen molar-refractivity contribution in [2.45, 2.75) is 43.0 Å². The first kappa shape index (κ1) is 17.2. The van der Waals surface area contributed by atoms with Crippen LogP contribution in [0, 0.1) is 0 Å². The van der Waals surface area contributed by atoms with Crippen LogP contribution in [0.4, 0.5) is 0 Å². The van der Waals surface area contributed by atoms with Crippen LogP contribution in [-0.4, -0.2) is 49.4 Å². The SMILES string of the molecule is CC(Sc1nnnn1-c1ccc(Cl)cc1)C(=O)N1CCCCCC1. The van der Waals surface area contributed by atoms with Gasteiger partial charge in [-0.3, -0.25) is 4.79 Å². The first-order chi connectivity index (χ1) is 11.6. The predicted molar refractivity (Wildman–Crippen MR) is 94.5 cm³/mol. The monoisotopic (exact) mass is 365 g/mol. The van der Waals surface area contributed by atoms with Gasteiger partial charge in [-0.05, 0) is 54.5 Å². The average Bonchev–Trinajstić information content (AvgIpc) is 2.87. The molecule has 1 unspecified atom stereocenters. The van der Waals surface area contributed by atoms with E-state index in [1.807, 2.05) is 24.0 Å². The summed E-state index contributed by atoms with van der Waals surface area (Å²) in [5, 5.41) is 12.9. The van der Waals surface area contributed by atoms with Gasteiger partial charge in [-0.15, -0.1) is 5.10 Å². The molecule has 1 amide bonds. The van der Waals surface area contributed by atoms with Crippen molar-refractivity contribution in [3.63, 3.8) is 0 Å². The van der Waals surface area contributed by atoms with Crippen molar-refractivity contribution < 1.29 is 4.79 Å². The summed E-state index contributed by atoms with van der Waals surface area (Å²) in [6, 6.07) is 7.28. The summed E-state index contributed by atoms with van der Waals surface area (Å²) < 4.78 is 1.63. The molecule has 0 aliphatic carbocycles. The van der Waals surface area contributed by atoms with Crippen molar-refractivity contribution in [2.75, 3.05) is 13.1 Å². The topological polar surface area (TPSA) is 63.9 Å². The molecule has 0 bridgehead atoms. The van der Waals surface area contributed by atoms with E-state index in [9.17, 15) is 4.79 Å². The maximum atomic E-state index is 12.7. The summed E-state index contributed by atoms with van der Waals surface area (Å²) in [5.41, 5.74) is 0.821. The van der Waals surface area contributed by atoms with Crippen LogP contribution in [-0.2, 0) is 4.79 Å². The maximum Gasteiger partial charge on any atom is 0.235 e. The van der Waals surface area contributed by atoms with E-state index < -0.39 is 0 Å². The normalized spacial score (nSPS) is 16.7.